The number of carbonyl (C=O) groups excluding carboxylic acids is 1. The highest BCUT2D eigenvalue weighted by Gasteiger charge is 2.53. The summed E-state index contributed by atoms with van der Waals surface area (Å²) in [6, 6.07) is -1.27. The van der Waals surface area contributed by atoms with Crippen LogP contribution in [0.5, 0.6) is 0 Å². The van der Waals surface area contributed by atoms with E-state index in [1.165, 1.54) is 6.92 Å². The average molecular weight is 259 g/mol. The predicted octanol–water partition coefficient (Wildman–Crippen LogP) is -2.68. The number of hydrogen-bond acceptors (Lipinski definition) is 6. The average Bonchev–Trinajstić information content (AvgIpc) is 2.30. The van der Waals surface area contributed by atoms with Crippen molar-refractivity contribution in [3.63, 3.8) is 0 Å². The van der Waals surface area contributed by atoms with Gasteiger partial charge in [-0.25, -0.2) is 0 Å². The molecule has 1 aliphatic rings. The van der Waals surface area contributed by atoms with Gasteiger partial charge in [-0.05, 0) is 0 Å². The molecule has 1 rings (SSSR count). The fraction of sp³-hybridized carbons (Fsp3) is 0.727. The van der Waals surface area contributed by atoms with Crippen molar-refractivity contribution in [2.24, 2.45) is 0 Å². The number of carbonyl (C=O) groups is 1. The molecule has 1 amide bonds. The van der Waals surface area contributed by atoms with Crippen LogP contribution in [-0.4, -0.2) is 63.1 Å². The van der Waals surface area contributed by atoms with Gasteiger partial charge in [0.25, 0.3) is 0 Å². The van der Waals surface area contributed by atoms with Gasteiger partial charge in [-0.3, -0.25) is 4.79 Å². The lowest BCUT2D eigenvalue weighted by molar-refractivity contribution is -0.315. The molecule has 7 nitrogen and oxygen atoms in total. The number of terminal acetylenes is 1. The van der Waals surface area contributed by atoms with Gasteiger partial charge in [0.15, 0.2) is 5.79 Å². The van der Waals surface area contributed by atoms with Crippen molar-refractivity contribution in [2.45, 2.75) is 43.5 Å². The summed E-state index contributed by atoms with van der Waals surface area (Å²) in [5, 5.41) is 41.0. The second-order valence-corrected chi connectivity index (χ2v) is 4.22. The third-order valence-corrected chi connectivity index (χ3v) is 2.81. The van der Waals surface area contributed by atoms with Gasteiger partial charge < -0.3 is 30.5 Å². The Morgan fingerprint density at radius 2 is 2.11 bits per heavy atom. The maximum atomic E-state index is 11.0. The lowest BCUT2D eigenvalue weighted by Crippen LogP contribution is -2.70. The first-order valence-corrected chi connectivity index (χ1v) is 5.43. The van der Waals surface area contributed by atoms with Crippen LogP contribution in [0.15, 0.2) is 0 Å². The highest BCUT2D eigenvalue weighted by atomic mass is 16.6. The second-order valence-electron chi connectivity index (χ2n) is 4.22. The fourth-order valence-electron chi connectivity index (χ4n) is 1.95. The number of aliphatic hydroxyl groups is 4. The lowest BCUT2D eigenvalue weighted by Gasteiger charge is -2.47. The SMILES string of the molecule is C#CC[C@]1(O)O[C@H](CO)[C@@H](O)[C@H](O)[C@H]1NC(C)=O. The van der Waals surface area contributed by atoms with E-state index in [0.717, 1.165) is 0 Å². The van der Waals surface area contributed by atoms with Crippen molar-refractivity contribution in [1.82, 2.24) is 5.32 Å². The molecule has 0 saturated carbocycles. The molecule has 102 valence electrons. The number of hydrogen-bond donors (Lipinski definition) is 5. The van der Waals surface area contributed by atoms with Gasteiger partial charge in [0, 0.05) is 6.92 Å². The van der Waals surface area contributed by atoms with Gasteiger partial charge in [0.1, 0.15) is 24.4 Å². The highest BCUT2D eigenvalue weighted by Crippen LogP contribution is 2.30. The van der Waals surface area contributed by atoms with Crippen molar-refractivity contribution < 1.29 is 30.0 Å². The van der Waals surface area contributed by atoms with Crippen molar-refractivity contribution >= 4 is 5.91 Å². The summed E-state index contributed by atoms with van der Waals surface area (Å²) in [6.07, 6.45) is 0.669. The molecule has 7 heteroatoms. The summed E-state index contributed by atoms with van der Waals surface area (Å²) in [6.45, 7) is 0.589. The molecule has 1 aliphatic heterocycles. The molecule has 0 aliphatic carbocycles. The van der Waals surface area contributed by atoms with Crippen LogP contribution in [0.3, 0.4) is 0 Å². The normalized spacial score (nSPS) is 40.0. The van der Waals surface area contributed by atoms with Crippen molar-refractivity contribution in [2.75, 3.05) is 6.61 Å². The summed E-state index contributed by atoms with van der Waals surface area (Å²) < 4.78 is 5.10. The Balaban J connectivity index is 3.02. The van der Waals surface area contributed by atoms with Crippen LogP contribution in [0, 0.1) is 12.3 Å². The van der Waals surface area contributed by atoms with Gasteiger partial charge in [0.05, 0.1) is 13.0 Å². The van der Waals surface area contributed by atoms with Crippen LogP contribution in [-0.2, 0) is 9.53 Å². The number of amides is 1. The smallest absolute Gasteiger partial charge is 0.217 e. The topological polar surface area (TPSA) is 119 Å². The third-order valence-electron chi connectivity index (χ3n) is 2.81. The Morgan fingerprint density at radius 3 is 2.56 bits per heavy atom. The monoisotopic (exact) mass is 259 g/mol. The van der Waals surface area contributed by atoms with E-state index >= 15 is 0 Å². The van der Waals surface area contributed by atoms with E-state index < -0.39 is 42.7 Å². The molecule has 1 heterocycles. The van der Waals surface area contributed by atoms with Crippen molar-refractivity contribution in [3.8, 4) is 12.3 Å². The molecule has 0 aromatic carbocycles. The van der Waals surface area contributed by atoms with E-state index in [0.29, 0.717) is 0 Å². The van der Waals surface area contributed by atoms with Crippen molar-refractivity contribution in [1.29, 1.82) is 0 Å². The van der Waals surface area contributed by atoms with Gasteiger partial charge in [0.2, 0.25) is 5.91 Å². The quantitative estimate of drug-likeness (QED) is 0.352. The molecule has 1 saturated heterocycles. The van der Waals surface area contributed by atoms with Gasteiger partial charge in [-0.1, -0.05) is 0 Å². The van der Waals surface area contributed by atoms with Crippen LogP contribution < -0.4 is 5.32 Å². The largest absolute Gasteiger partial charge is 0.394 e. The van der Waals surface area contributed by atoms with Crippen molar-refractivity contribution in [3.05, 3.63) is 0 Å². The van der Waals surface area contributed by atoms with Crippen LogP contribution in [0.25, 0.3) is 0 Å². The zero-order valence-corrected chi connectivity index (χ0v) is 9.91. The minimum Gasteiger partial charge on any atom is -0.394 e. The Morgan fingerprint density at radius 1 is 1.50 bits per heavy atom. The number of nitrogens with one attached hydrogen (secondary N) is 1. The van der Waals surface area contributed by atoms with E-state index in [2.05, 4.69) is 11.2 Å². The van der Waals surface area contributed by atoms with Crippen LogP contribution >= 0.6 is 0 Å². The maximum Gasteiger partial charge on any atom is 0.217 e. The minimum absolute atomic E-state index is 0.307. The molecule has 5 N–H and O–H groups in total. The molecule has 1 fully saturated rings. The zero-order chi connectivity index (χ0) is 13.9. The first-order valence-electron chi connectivity index (χ1n) is 5.43. The number of aliphatic hydroxyl groups excluding tert-OH is 3. The molecule has 0 bridgehead atoms. The summed E-state index contributed by atoms with van der Waals surface area (Å²) >= 11 is 0. The number of rotatable bonds is 3. The van der Waals surface area contributed by atoms with Crippen LogP contribution in [0.2, 0.25) is 0 Å². The summed E-state index contributed by atoms with van der Waals surface area (Å²) in [5.74, 6) is -0.395. The van der Waals surface area contributed by atoms with E-state index in [-0.39, 0.29) is 6.42 Å². The fourth-order valence-corrected chi connectivity index (χ4v) is 1.95. The van der Waals surface area contributed by atoms with E-state index in [1.807, 2.05) is 0 Å². The Kier molecular flexibility index (Phi) is 4.67. The maximum absolute atomic E-state index is 11.0. The lowest BCUT2D eigenvalue weighted by atomic mass is 9.88. The first kappa shape index (κ1) is 14.9. The van der Waals surface area contributed by atoms with Crippen LogP contribution in [0.4, 0.5) is 0 Å². The Labute approximate surface area is 104 Å². The Hall–Kier alpha value is -1.17. The molecule has 0 aromatic heterocycles. The summed E-state index contributed by atoms with van der Waals surface area (Å²) in [4.78, 5) is 11.0. The zero-order valence-electron chi connectivity index (χ0n) is 9.91. The third kappa shape index (κ3) is 2.80. The molecule has 0 unspecified atom stereocenters. The van der Waals surface area contributed by atoms with Gasteiger partial charge >= 0.3 is 0 Å². The number of ether oxygens (including phenoxy) is 1. The van der Waals surface area contributed by atoms with E-state index in [1.54, 1.807) is 0 Å². The molecule has 0 aromatic rings. The van der Waals surface area contributed by atoms with Crippen LogP contribution in [0.1, 0.15) is 13.3 Å². The molecule has 5 atom stereocenters. The minimum atomic E-state index is -2.04. The molecule has 0 radical (unpaired) electrons. The molecule has 18 heavy (non-hydrogen) atoms. The van der Waals surface area contributed by atoms with Gasteiger partial charge in [-0.15, -0.1) is 12.3 Å². The molecule has 0 spiro atoms. The van der Waals surface area contributed by atoms with Gasteiger partial charge in [-0.2, -0.15) is 0 Å². The summed E-state index contributed by atoms with van der Waals surface area (Å²) in [5.41, 5.74) is 0. The summed E-state index contributed by atoms with van der Waals surface area (Å²) in [7, 11) is 0. The molecular weight excluding hydrogens is 242 g/mol. The van der Waals surface area contributed by atoms with E-state index in [4.69, 9.17) is 16.3 Å². The second kappa shape index (κ2) is 5.65. The molecular formula is C11H17NO6. The Bertz CT molecular complexity index is 354. The highest BCUT2D eigenvalue weighted by molar-refractivity contribution is 5.73. The standard InChI is InChI=1S/C11H17NO6/c1-3-4-11(17)10(12-6(2)14)9(16)8(15)7(5-13)18-11/h1,7-10,13,15-17H,4-5H2,2H3,(H,12,14)/t7-,8-,9+,10-,11+/m1/s1. The predicted molar refractivity (Wildman–Crippen MR) is 60.0 cm³/mol. The van der Waals surface area contributed by atoms with E-state index in [9.17, 15) is 20.1 Å². The first-order chi connectivity index (χ1) is 8.35.